The third kappa shape index (κ3) is 4.02. The highest BCUT2D eigenvalue weighted by Crippen LogP contribution is 2.26. The van der Waals surface area contributed by atoms with Gasteiger partial charge in [0.2, 0.25) is 5.91 Å². The summed E-state index contributed by atoms with van der Waals surface area (Å²) in [7, 11) is 3.55. The van der Waals surface area contributed by atoms with Crippen molar-refractivity contribution >= 4 is 23.6 Å². The maximum atomic E-state index is 11.5. The first-order valence-corrected chi connectivity index (χ1v) is 8.19. The molecule has 2 saturated heterocycles. The Balaban J connectivity index is 1.79. The number of likely N-dealkylation sites (N-methyl/N-ethyl adjacent to an activating group) is 1. The molecule has 2 aliphatic rings. The van der Waals surface area contributed by atoms with Gasteiger partial charge in [-0.05, 0) is 18.6 Å². The molecule has 1 amide bonds. The lowest BCUT2D eigenvalue weighted by atomic mass is 10.0. The van der Waals surface area contributed by atoms with E-state index in [4.69, 9.17) is 0 Å². The molecule has 0 aromatic heterocycles. The number of piperidine rings is 1. The normalized spacial score (nSPS) is 31.6. The van der Waals surface area contributed by atoms with Gasteiger partial charge in [-0.3, -0.25) is 9.79 Å². The minimum atomic E-state index is -0.623. The molecule has 2 heterocycles. The number of nitrogens with zero attached hydrogens (tertiary/aromatic N) is 2. The number of carbonyl (C=O) groups is 1. The van der Waals surface area contributed by atoms with Crippen molar-refractivity contribution in [3.05, 3.63) is 0 Å². The van der Waals surface area contributed by atoms with Crippen molar-refractivity contribution in [2.45, 2.75) is 30.9 Å². The Morgan fingerprint density at radius 3 is 3.05 bits per heavy atom. The molecule has 3 N–H and O–H groups in total. The molecule has 6 nitrogen and oxygen atoms in total. The van der Waals surface area contributed by atoms with Crippen LogP contribution in [0.15, 0.2) is 4.99 Å². The Morgan fingerprint density at radius 1 is 1.65 bits per heavy atom. The summed E-state index contributed by atoms with van der Waals surface area (Å²) < 4.78 is 0. The summed E-state index contributed by atoms with van der Waals surface area (Å²) in [5, 5.41) is 16.8. The Morgan fingerprint density at radius 2 is 2.45 bits per heavy atom. The molecule has 114 valence electrons. The van der Waals surface area contributed by atoms with E-state index in [9.17, 15) is 9.90 Å². The van der Waals surface area contributed by atoms with Crippen LogP contribution in [0.2, 0.25) is 0 Å². The summed E-state index contributed by atoms with van der Waals surface area (Å²) in [6.45, 7) is 1.21. The summed E-state index contributed by atoms with van der Waals surface area (Å²) >= 11 is 1.78. The van der Waals surface area contributed by atoms with Crippen LogP contribution < -0.4 is 10.6 Å². The predicted octanol–water partition coefficient (Wildman–Crippen LogP) is -0.360. The van der Waals surface area contributed by atoms with E-state index in [1.54, 1.807) is 23.7 Å². The summed E-state index contributed by atoms with van der Waals surface area (Å²) in [4.78, 5) is 17.4. The van der Waals surface area contributed by atoms with Crippen LogP contribution in [0.4, 0.5) is 0 Å². The van der Waals surface area contributed by atoms with Crippen LogP contribution in [0.3, 0.4) is 0 Å². The van der Waals surface area contributed by atoms with Crippen molar-refractivity contribution in [2.24, 2.45) is 4.99 Å². The van der Waals surface area contributed by atoms with Crippen LogP contribution in [0.5, 0.6) is 0 Å². The number of hydrogen-bond acceptors (Lipinski definition) is 4. The average Bonchev–Trinajstić information content (AvgIpc) is 2.86. The largest absolute Gasteiger partial charge is 0.387 e. The second kappa shape index (κ2) is 6.67. The maximum Gasteiger partial charge on any atom is 0.222 e. The zero-order valence-corrected chi connectivity index (χ0v) is 13.0. The molecule has 0 aromatic carbocycles. The first kappa shape index (κ1) is 15.4. The van der Waals surface area contributed by atoms with Gasteiger partial charge in [-0.2, -0.15) is 11.8 Å². The molecule has 2 unspecified atom stereocenters. The van der Waals surface area contributed by atoms with Gasteiger partial charge in [0.25, 0.3) is 0 Å². The molecule has 2 atom stereocenters. The Labute approximate surface area is 124 Å². The van der Waals surface area contributed by atoms with E-state index in [0.717, 1.165) is 24.3 Å². The lowest BCUT2D eigenvalue weighted by molar-refractivity contribution is -0.132. The summed E-state index contributed by atoms with van der Waals surface area (Å²) in [5.41, 5.74) is -0.623. The number of hydrogen-bond donors (Lipinski definition) is 3. The zero-order chi connectivity index (χ0) is 14.6. The smallest absolute Gasteiger partial charge is 0.222 e. The predicted molar refractivity (Wildman–Crippen MR) is 82.0 cm³/mol. The molecule has 20 heavy (non-hydrogen) atoms. The molecule has 2 rings (SSSR count). The topological polar surface area (TPSA) is 77.0 Å². The lowest BCUT2D eigenvalue weighted by Gasteiger charge is -2.32. The summed E-state index contributed by atoms with van der Waals surface area (Å²) in [6, 6.07) is 0.219. The molecule has 0 spiro atoms. The molecule has 0 bridgehead atoms. The van der Waals surface area contributed by atoms with E-state index in [2.05, 4.69) is 15.6 Å². The van der Waals surface area contributed by atoms with Gasteiger partial charge in [0, 0.05) is 45.4 Å². The van der Waals surface area contributed by atoms with E-state index < -0.39 is 5.60 Å². The fraction of sp³-hybridized carbons (Fsp3) is 0.846. The minimum Gasteiger partial charge on any atom is -0.387 e. The minimum absolute atomic E-state index is 0.197. The molecular weight excluding hydrogens is 276 g/mol. The highest BCUT2D eigenvalue weighted by molar-refractivity contribution is 7.99. The van der Waals surface area contributed by atoms with Gasteiger partial charge in [-0.25, -0.2) is 0 Å². The van der Waals surface area contributed by atoms with Crippen LogP contribution >= 0.6 is 11.8 Å². The molecular formula is C13H24N4O2S. The molecule has 0 aromatic rings. The number of aliphatic imine (C=N–C) groups is 1. The van der Waals surface area contributed by atoms with Crippen molar-refractivity contribution in [2.75, 3.05) is 38.7 Å². The number of thioether (sulfide) groups is 1. The monoisotopic (exact) mass is 300 g/mol. The van der Waals surface area contributed by atoms with Gasteiger partial charge in [0.15, 0.2) is 5.96 Å². The second-order valence-electron chi connectivity index (χ2n) is 5.61. The van der Waals surface area contributed by atoms with E-state index in [0.29, 0.717) is 25.5 Å². The van der Waals surface area contributed by atoms with E-state index in [-0.39, 0.29) is 11.9 Å². The zero-order valence-electron chi connectivity index (χ0n) is 12.2. The highest BCUT2D eigenvalue weighted by Gasteiger charge is 2.32. The van der Waals surface area contributed by atoms with E-state index >= 15 is 0 Å². The SMILES string of the molecule is CN=C(NCC1(O)CCSC1)NC1CCC(=O)N(C)C1. The molecule has 0 aliphatic carbocycles. The number of guanidine groups is 1. The fourth-order valence-corrected chi connectivity index (χ4v) is 3.80. The number of likely N-dealkylation sites (tertiary alicyclic amines) is 1. The third-order valence-electron chi connectivity index (χ3n) is 3.86. The highest BCUT2D eigenvalue weighted by atomic mass is 32.2. The molecule has 0 saturated carbocycles. The van der Waals surface area contributed by atoms with Gasteiger partial charge in [-0.1, -0.05) is 0 Å². The Kier molecular flexibility index (Phi) is 5.15. The fourth-order valence-electron chi connectivity index (χ4n) is 2.50. The molecule has 2 fully saturated rings. The number of rotatable bonds is 3. The maximum absolute atomic E-state index is 11.5. The summed E-state index contributed by atoms with van der Waals surface area (Å²) in [5.74, 6) is 2.68. The van der Waals surface area contributed by atoms with Crippen LogP contribution in [0, 0.1) is 0 Å². The van der Waals surface area contributed by atoms with Gasteiger partial charge in [-0.15, -0.1) is 0 Å². The van der Waals surface area contributed by atoms with Crippen molar-refractivity contribution in [3.8, 4) is 0 Å². The van der Waals surface area contributed by atoms with Crippen molar-refractivity contribution < 1.29 is 9.90 Å². The molecule has 2 aliphatic heterocycles. The first-order chi connectivity index (χ1) is 9.52. The van der Waals surface area contributed by atoms with Crippen molar-refractivity contribution in [1.29, 1.82) is 0 Å². The number of aliphatic hydroxyl groups is 1. The van der Waals surface area contributed by atoms with Gasteiger partial charge >= 0.3 is 0 Å². The van der Waals surface area contributed by atoms with Crippen LogP contribution in [0.25, 0.3) is 0 Å². The number of amides is 1. The second-order valence-corrected chi connectivity index (χ2v) is 6.71. The van der Waals surface area contributed by atoms with Crippen LogP contribution in [0.1, 0.15) is 19.3 Å². The third-order valence-corrected chi connectivity index (χ3v) is 5.09. The van der Waals surface area contributed by atoms with Gasteiger partial charge < -0.3 is 20.6 Å². The Hall–Kier alpha value is -0.950. The first-order valence-electron chi connectivity index (χ1n) is 7.04. The standard InChI is InChI=1S/C13H24N4O2S/c1-14-12(15-8-13(19)5-6-20-9-13)16-10-3-4-11(18)17(2)7-10/h10,19H,3-9H2,1-2H3,(H2,14,15,16). The van der Waals surface area contributed by atoms with E-state index in [1.807, 2.05) is 7.05 Å². The van der Waals surface area contributed by atoms with Crippen molar-refractivity contribution in [1.82, 2.24) is 15.5 Å². The molecule has 7 heteroatoms. The summed E-state index contributed by atoms with van der Waals surface area (Å²) in [6.07, 6.45) is 2.22. The van der Waals surface area contributed by atoms with Gasteiger partial charge in [0.1, 0.15) is 0 Å². The quantitative estimate of drug-likeness (QED) is 0.490. The Bertz CT molecular complexity index is 383. The van der Waals surface area contributed by atoms with Crippen LogP contribution in [-0.4, -0.2) is 72.2 Å². The lowest BCUT2D eigenvalue weighted by Crippen LogP contribution is -2.54. The van der Waals surface area contributed by atoms with Gasteiger partial charge in [0.05, 0.1) is 5.60 Å². The van der Waals surface area contributed by atoms with E-state index in [1.165, 1.54) is 0 Å². The average molecular weight is 300 g/mol. The number of carbonyl (C=O) groups excluding carboxylic acids is 1. The van der Waals surface area contributed by atoms with Crippen LogP contribution in [-0.2, 0) is 4.79 Å². The molecule has 0 radical (unpaired) electrons. The van der Waals surface area contributed by atoms with Crippen molar-refractivity contribution in [3.63, 3.8) is 0 Å². The number of nitrogens with one attached hydrogen (secondary N) is 2.